The van der Waals surface area contributed by atoms with Crippen molar-refractivity contribution in [1.82, 2.24) is 16.0 Å². The van der Waals surface area contributed by atoms with Crippen LogP contribution < -0.4 is 20.7 Å². The lowest BCUT2D eigenvalue weighted by atomic mass is 10.1. The van der Waals surface area contributed by atoms with E-state index in [1.807, 2.05) is 44.2 Å². The second kappa shape index (κ2) is 15.5. The van der Waals surface area contributed by atoms with Gasteiger partial charge in [-0.1, -0.05) is 31.2 Å². The molecular weight excluding hydrogens is 531 g/mol. The molecule has 3 N–H and O–H groups in total. The third-order valence-corrected chi connectivity index (χ3v) is 5.08. The molecule has 0 radical (unpaired) electrons. The van der Waals surface area contributed by atoms with Crippen LogP contribution in [0, 0.1) is 6.92 Å². The number of hydrogen-bond donors (Lipinski definition) is 3. The fraction of sp³-hybridized carbons (Fsp3) is 0.440. The van der Waals surface area contributed by atoms with Crippen molar-refractivity contribution in [2.24, 2.45) is 4.99 Å². The summed E-state index contributed by atoms with van der Waals surface area (Å²) in [5, 5.41) is 9.63. The van der Waals surface area contributed by atoms with Gasteiger partial charge in [-0.2, -0.15) is 0 Å². The van der Waals surface area contributed by atoms with Gasteiger partial charge in [0.05, 0.1) is 6.61 Å². The maximum Gasteiger partial charge on any atom is 0.251 e. The normalized spacial score (nSPS) is 11.8. The first-order valence-electron chi connectivity index (χ1n) is 11.0. The van der Waals surface area contributed by atoms with Gasteiger partial charge in [-0.05, 0) is 49.6 Å². The van der Waals surface area contributed by atoms with Crippen LogP contribution in [0.1, 0.15) is 47.3 Å². The number of aryl methyl sites for hydroxylation is 1. The summed E-state index contributed by atoms with van der Waals surface area (Å²) in [6.07, 6.45) is 0.898. The van der Waals surface area contributed by atoms with E-state index in [1.165, 1.54) is 0 Å². The molecule has 0 saturated carbocycles. The van der Waals surface area contributed by atoms with Crippen LogP contribution in [0.2, 0.25) is 0 Å². The number of rotatable bonds is 11. The third kappa shape index (κ3) is 10.00. The highest BCUT2D eigenvalue weighted by Gasteiger charge is 2.10. The number of carbonyl (C=O) groups excluding carboxylic acids is 1. The van der Waals surface area contributed by atoms with Gasteiger partial charge in [-0.15, -0.1) is 24.0 Å². The molecule has 1 atom stereocenters. The number of carbonyl (C=O) groups is 1. The van der Waals surface area contributed by atoms with Crippen molar-refractivity contribution in [3.05, 3.63) is 64.7 Å². The van der Waals surface area contributed by atoms with E-state index in [1.54, 1.807) is 14.2 Å². The molecule has 2 rings (SSSR count). The molecule has 7 nitrogen and oxygen atoms in total. The van der Waals surface area contributed by atoms with E-state index in [9.17, 15) is 4.79 Å². The van der Waals surface area contributed by atoms with E-state index in [2.05, 4.69) is 40.0 Å². The monoisotopic (exact) mass is 568 g/mol. The Hall–Kier alpha value is -2.33. The summed E-state index contributed by atoms with van der Waals surface area (Å²) in [6.45, 7) is 8.25. The molecule has 2 aromatic carbocycles. The molecule has 0 saturated heterocycles. The van der Waals surface area contributed by atoms with Crippen LogP contribution in [0.4, 0.5) is 0 Å². The predicted molar refractivity (Wildman–Crippen MR) is 145 cm³/mol. The highest BCUT2D eigenvalue weighted by molar-refractivity contribution is 14.0. The van der Waals surface area contributed by atoms with Crippen molar-refractivity contribution in [3.8, 4) is 5.75 Å². The summed E-state index contributed by atoms with van der Waals surface area (Å²) in [5.41, 5.74) is 3.84. The zero-order valence-corrected chi connectivity index (χ0v) is 22.6. The number of ether oxygens (including phenoxy) is 2. The Bertz CT molecular complexity index is 905. The van der Waals surface area contributed by atoms with E-state index < -0.39 is 0 Å². The second-order valence-electron chi connectivity index (χ2n) is 7.71. The number of halogens is 1. The lowest BCUT2D eigenvalue weighted by Crippen LogP contribution is -2.36. The topological polar surface area (TPSA) is 84.0 Å². The molecule has 0 heterocycles. The predicted octanol–water partition coefficient (Wildman–Crippen LogP) is 4.03. The number of guanidine groups is 1. The van der Waals surface area contributed by atoms with Crippen LogP contribution in [-0.4, -0.2) is 45.3 Å². The van der Waals surface area contributed by atoms with Crippen molar-refractivity contribution in [2.75, 3.05) is 27.4 Å². The van der Waals surface area contributed by atoms with Gasteiger partial charge in [0, 0.05) is 44.4 Å². The molecule has 8 heteroatoms. The van der Waals surface area contributed by atoms with E-state index >= 15 is 0 Å². The number of aliphatic imine (C=N–C) groups is 1. The van der Waals surface area contributed by atoms with Crippen LogP contribution in [0.3, 0.4) is 0 Å². The quantitative estimate of drug-likeness (QED) is 0.165. The summed E-state index contributed by atoms with van der Waals surface area (Å²) in [5.74, 6) is 1.46. The fourth-order valence-corrected chi connectivity index (χ4v) is 2.99. The number of benzene rings is 2. The molecule has 1 unspecified atom stereocenters. The Morgan fingerprint density at radius 1 is 1.09 bits per heavy atom. The van der Waals surface area contributed by atoms with Gasteiger partial charge in [0.1, 0.15) is 12.4 Å². The Balaban J connectivity index is 0.00000544. The molecule has 33 heavy (non-hydrogen) atoms. The molecule has 182 valence electrons. The van der Waals surface area contributed by atoms with E-state index in [-0.39, 0.29) is 35.9 Å². The van der Waals surface area contributed by atoms with Gasteiger partial charge in [0.25, 0.3) is 5.91 Å². The van der Waals surface area contributed by atoms with Crippen LogP contribution in [0.5, 0.6) is 5.75 Å². The number of amides is 1. The molecular formula is C25H37IN4O3. The van der Waals surface area contributed by atoms with Gasteiger partial charge in [-0.3, -0.25) is 9.79 Å². The van der Waals surface area contributed by atoms with Gasteiger partial charge < -0.3 is 25.4 Å². The zero-order valence-electron chi connectivity index (χ0n) is 20.2. The highest BCUT2D eigenvalue weighted by atomic mass is 127. The average Bonchev–Trinajstić information content (AvgIpc) is 2.80. The zero-order chi connectivity index (χ0) is 23.3. The highest BCUT2D eigenvalue weighted by Crippen LogP contribution is 2.20. The molecule has 0 bridgehead atoms. The van der Waals surface area contributed by atoms with E-state index in [0.29, 0.717) is 37.8 Å². The molecule has 0 aliphatic heterocycles. The summed E-state index contributed by atoms with van der Waals surface area (Å²) in [7, 11) is 3.39. The van der Waals surface area contributed by atoms with Crippen LogP contribution in [0.25, 0.3) is 0 Å². The second-order valence-corrected chi connectivity index (χ2v) is 7.71. The van der Waals surface area contributed by atoms with Crippen molar-refractivity contribution < 1.29 is 14.3 Å². The van der Waals surface area contributed by atoms with Gasteiger partial charge in [-0.25, -0.2) is 0 Å². The minimum absolute atomic E-state index is 0. The van der Waals surface area contributed by atoms with E-state index in [4.69, 9.17) is 9.47 Å². The average molecular weight is 569 g/mol. The third-order valence-electron chi connectivity index (χ3n) is 5.08. The lowest BCUT2D eigenvalue weighted by molar-refractivity contribution is 0.0939. The van der Waals surface area contributed by atoms with Gasteiger partial charge in [0.2, 0.25) is 0 Å². The molecule has 0 aromatic heterocycles. The minimum atomic E-state index is -0.0518. The molecule has 0 aliphatic carbocycles. The summed E-state index contributed by atoms with van der Waals surface area (Å²) >= 11 is 0. The number of hydrogen-bond acceptors (Lipinski definition) is 4. The summed E-state index contributed by atoms with van der Waals surface area (Å²) in [4.78, 5) is 16.7. The van der Waals surface area contributed by atoms with Crippen LogP contribution in [-0.2, 0) is 17.8 Å². The first-order valence-corrected chi connectivity index (χ1v) is 11.0. The van der Waals surface area contributed by atoms with Crippen molar-refractivity contribution in [2.45, 2.75) is 46.3 Å². The first-order chi connectivity index (χ1) is 15.5. The van der Waals surface area contributed by atoms with E-state index in [0.717, 1.165) is 28.9 Å². The Morgan fingerprint density at radius 3 is 2.55 bits per heavy atom. The number of nitrogens with zero attached hydrogens (tertiary/aromatic N) is 1. The van der Waals surface area contributed by atoms with Crippen molar-refractivity contribution >= 4 is 35.8 Å². The maximum absolute atomic E-state index is 12.4. The largest absolute Gasteiger partial charge is 0.491 e. The van der Waals surface area contributed by atoms with Crippen LogP contribution >= 0.6 is 24.0 Å². The molecule has 0 fully saturated rings. The summed E-state index contributed by atoms with van der Waals surface area (Å²) < 4.78 is 10.9. The Morgan fingerprint density at radius 2 is 1.85 bits per heavy atom. The Labute approximate surface area is 214 Å². The van der Waals surface area contributed by atoms with Crippen molar-refractivity contribution in [3.63, 3.8) is 0 Å². The molecule has 1 amide bonds. The molecule has 0 aliphatic rings. The Kier molecular flexibility index (Phi) is 13.5. The SMILES string of the molecule is CCC(C)NC(=O)c1cccc(CNC(=NC)NCc2ccc(C)cc2OCCOC)c1.I. The maximum atomic E-state index is 12.4. The first kappa shape index (κ1) is 28.7. The fourth-order valence-electron chi connectivity index (χ4n) is 2.99. The number of nitrogens with one attached hydrogen (secondary N) is 3. The van der Waals surface area contributed by atoms with Gasteiger partial charge in [0.15, 0.2) is 5.96 Å². The molecule has 0 spiro atoms. The summed E-state index contributed by atoms with van der Waals surface area (Å²) in [6, 6.07) is 13.9. The van der Waals surface area contributed by atoms with Gasteiger partial charge >= 0.3 is 0 Å². The van der Waals surface area contributed by atoms with Crippen LogP contribution in [0.15, 0.2) is 47.5 Å². The lowest BCUT2D eigenvalue weighted by Gasteiger charge is -2.16. The smallest absolute Gasteiger partial charge is 0.251 e. The number of methoxy groups -OCH3 is 1. The van der Waals surface area contributed by atoms with Crippen molar-refractivity contribution in [1.29, 1.82) is 0 Å². The standard InChI is InChI=1S/C25H36N4O3.HI/c1-6-19(3)29-24(30)21-9-7-8-20(15-21)16-27-25(26-4)28-17-22-11-10-18(2)14-23(22)32-13-12-31-5;/h7-11,14-15,19H,6,12-13,16-17H2,1-5H3,(H,29,30)(H2,26,27,28);1H. The molecule has 2 aromatic rings. The minimum Gasteiger partial charge on any atom is -0.491 e.